The van der Waals surface area contributed by atoms with E-state index < -0.39 is 0 Å². The number of nitrogens with zero attached hydrogens (tertiary/aromatic N) is 3. The van der Waals surface area contributed by atoms with Crippen molar-refractivity contribution in [3.8, 4) is 11.5 Å². The third-order valence-electron chi connectivity index (χ3n) is 4.82. The normalized spacial score (nSPS) is 21.8. The lowest BCUT2D eigenvalue weighted by Gasteiger charge is -2.25. The van der Waals surface area contributed by atoms with Crippen LogP contribution in [0.5, 0.6) is 11.5 Å². The van der Waals surface area contributed by atoms with Crippen LogP contribution in [0.1, 0.15) is 16.8 Å². The average molecular weight is 358 g/mol. The molecule has 0 saturated carbocycles. The van der Waals surface area contributed by atoms with Crippen LogP contribution >= 0.6 is 0 Å². The molecule has 0 aliphatic carbocycles. The molecule has 0 bridgehead atoms. The van der Waals surface area contributed by atoms with Crippen molar-refractivity contribution in [2.24, 2.45) is 0 Å². The molecule has 2 aliphatic heterocycles. The van der Waals surface area contributed by atoms with Gasteiger partial charge in [-0.25, -0.2) is 0 Å². The number of rotatable bonds is 4. The predicted molar refractivity (Wildman–Crippen MR) is 94.3 cm³/mol. The fourth-order valence-corrected chi connectivity index (χ4v) is 3.50. The quantitative estimate of drug-likeness (QED) is 0.882. The second kappa shape index (κ2) is 6.87. The van der Waals surface area contributed by atoms with Crippen LogP contribution in [0.4, 0.5) is 5.82 Å². The molecule has 4 rings (SSSR count). The second-order valence-corrected chi connectivity index (χ2v) is 6.53. The van der Waals surface area contributed by atoms with Crippen LogP contribution in [0, 0.1) is 0 Å². The number of anilines is 1. The number of nitrogens with two attached hydrogens (primary N) is 1. The number of nitrogen functional groups attached to an aromatic ring is 1. The average Bonchev–Trinajstić information content (AvgIpc) is 3.27. The maximum absolute atomic E-state index is 13.1. The van der Waals surface area contributed by atoms with Crippen molar-refractivity contribution in [3.63, 3.8) is 0 Å². The second-order valence-electron chi connectivity index (χ2n) is 6.53. The van der Waals surface area contributed by atoms with E-state index in [0.29, 0.717) is 49.2 Å². The van der Waals surface area contributed by atoms with Gasteiger partial charge in [-0.05, 0) is 30.7 Å². The van der Waals surface area contributed by atoms with Crippen molar-refractivity contribution in [2.45, 2.75) is 25.1 Å². The predicted octanol–water partition coefficient (Wildman–Crippen LogP) is 1.17. The Kier molecular flexibility index (Phi) is 4.42. The summed E-state index contributed by atoms with van der Waals surface area (Å²) in [7, 11) is 1.67. The zero-order valence-electron chi connectivity index (χ0n) is 14.6. The molecule has 2 N–H and O–H groups in total. The lowest BCUT2D eigenvalue weighted by molar-refractivity contribution is 0.0678. The summed E-state index contributed by atoms with van der Waals surface area (Å²) < 4.78 is 18.4. The number of carbonyl (C=O) groups excluding carboxylic acids is 1. The van der Waals surface area contributed by atoms with Gasteiger partial charge in [0.2, 0.25) is 0 Å². The third kappa shape index (κ3) is 3.20. The smallest absolute Gasteiger partial charge is 0.254 e. The highest BCUT2D eigenvalue weighted by Crippen LogP contribution is 2.32. The number of ether oxygens (including phenoxy) is 3. The van der Waals surface area contributed by atoms with Crippen molar-refractivity contribution in [3.05, 3.63) is 36.0 Å². The van der Waals surface area contributed by atoms with E-state index in [1.165, 1.54) is 0 Å². The van der Waals surface area contributed by atoms with Crippen LogP contribution in [0.25, 0.3) is 0 Å². The van der Waals surface area contributed by atoms with E-state index in [-0.39, 0.29) is 18.1 Å². The van der Waals surface area contributed by atoms with Crippen molar-refractivity contribution in [2.75, 3.05) is 32.6 Å². The van der Waals surface area contributed by atoms with Crippen LogP contribution in [0.3, 0.4) is 0 Å². The van der Waals surface area contributed by atoms with Gasteiger partial charge in [0.25, 0.3) is 5.91 Å². The number of likely N-dealkylation sites (tertiary alicyclic amines) is 1. The number of fused-ring (bicyclic) bond motifs is 1. The molecule has 3 heterocycles. The highest BCUT2D eigenvalue weighted by molar-refractivity contribution is 5.95. The Bertz CT molecular complexity index is 806. The summed E-state index contributed by atoms with van der Waals surface area (Å²) in [5, 5.41) is 4.23. The van der Waals surface area contributed by atoms with Gasteiger partial charge in [-0.1, -0.05) is 0 Å². The van der Waals surface area contributed by atoms with E-state index in [1.807, 2.05) is 11.1 Å². The van der Waals surface area contributed by atoms with Gasteiger partial charge >= 0.3 is 0 Å². The lowest BCUT2D eigenvalue weighted by atomic mass is 10.1. The molecular weight excluding hydrogens is 336 g/mol. The first-order valence-corrected chi connectivity index (χ1v) is 8.66. The van der Waals surface area contributed by atoms with Crippen LogP contribution in [-0.2, 0) is 11.3 Å². The molecule has 1 saturated heterocycles. The van der Waals surface area contributed by atoms with Crippen molar-refractivity contribution in [1.29, 1.82) is 0 Å². The van der Waals surface area contributed by atoms with Crippen LogP contribution in [-0.4, -0.2) is 59.6 Å². The van der Waals surface area contributed by atoms with E-state index in [1.54, 1.807) is 36.1 Å². The molecule has 0 spiro atoms. The van der Waals surface area contributed by atoms with Gasteiger partial charge in [0.05, 0.1) is 18.7 Å². The zero-order chi connectivity index (χ0) is 18.1. The maximum atomic E-state index is 13.1. The molecule has 0 radical (unpaired) electrons. The zero-order valence-corrected chi connectivity index (χ0v) is 14.6. The minimum Gasteiger partial charge on any atom is -0.486 e. The van der Waals surface area contributed by atoms with E-state index in [2.05, 4.69) is 5.10 Å². The summed E-state index contributed by atoms with van der Waals surface area (Å²) in [5.41, 5.74) is 6.27. The number of amides is 1. The summed E-state index contributed by atoms with van der Waals surface area (Å²) in [4.78, 5) is 15.0. The summed E-state index contributed by atoms with van der Waals surface area (Å²) in [6, 6.07) is 7.04. The molecule has 26 heavy (non-hydrogen) atoms. The van der Waals surface area contributed by atoms with Gasteiger partial charge in [-0.2, -0.15) is 5.10 Å². The Labute approximate surface area is 151 Å². The van der Waals surface area contributed by atoms with E-state index in [9.17, 15) is 4.79 Å². The molecule has 8 heteroatoms. The SMILES string of the molecule is CO[C@H]1C[C@@H](Cn2ccc(N)n2)N(C(=O)c2ccc3c(c2)OCCO3)C1. The first-order chi connectivity index (χ1) is 12.6. The van der Waals surface area contributed by atoms with Crippen LogP contribution in [0.15, 0.2) is 30.5 Å². The van der Waals surface area contributed by atoms with Crippen molar-refractivity contribution >= 4 is 11.7 Å². The first-order valence-electron chi connectivity index (χ1n) is 8.66. The first kappa shape index (κ1) is 16.7. The van der Waals surface area contributed by atoms with Crippen LogP contribution in [0.2, 0.25) is 0 Å². The monoisotopic (exact) mass is 358 g/mol. The number of benzene rings is 1. The largest absolute Gasteiger partial charge is 0.486 e. The molecule has 1 amide bonds. The van der Waals surface area contributed by atoms with Gasteiger partial charge in [0, 0.05) is 25.4 Å². The number of aromatic nitrogens is 2. The Balaban J connectivity index is 1.55. The van der Waals surface area contributed by atoms with E-state index >= 15 is 0 Å². The lowest BCUT2D eigenvalue weighted by Crippen LogP contribution is -2.38. The Hall–Kier alpha value is -2.74. The third-order valence-corrected chi connectivity index (χ3v) is 4.82. The van der Waals surface area contributed by atoms with Gasteiger partial charge in [-0.15, -0.1) is 0 Å². The number of methoxy groups -OCH3 is 1. The molecule has 2 aliphatic rings. The molecule has 1 aromatic heterocycles. The van der Waals surface area contributed by atoms with Crippen molar-refractivity contribution in [1.82, 2.24) is 14.7 Å². The van der Waals surface area contributed by atoms with Crippen LogP contribution < -0.4 is 15.2 Å². The van der Waals surface area contributed by atoms with Gasteiger partial charge in [0.15, 0.2) is 11.5 Å². The number of carbonyl (C=O) groups is 1. The van der Waals surface area contributed by atoms with Crippen molar-refractivity contribution < 1.29 is 19.0 Å². The molecule has 2 aromatic rings. The van der Waals surface area contributed by atoms with Gasteiger partial charge < -0.3 is 24.8 Å². The molecule has 2 atom stereocenters. The Morgan fingerprint density at radius 3 is 2.85 bits per heavy atom. The molecule has 138 valence electrons. The molecule has 1 aromatic carbocycles. The molecule has 1 fully saturated rings. The fraction of sp³-hybridized carbons (Fsp3) is 0.444. The Morgan fingerprint density at radius 1 is 1.31 bits per heavy atom. The highest BCUT2D eigenvalue weighted by Gasteiger charge is 2.36. The van der Waals surface area contributed by atoms with Gasteiger partial charge in [0.1, 0.15) is 19.0 Å². The number of hydrogen-bond acceptors (Lipinski definition) is 6. The molecular formula is C18H22N4O4. The minimum atomic E-state index is -0.0494. The van der Waals surface area contributed by atoms with E-state index in [4.69, 9.17) is 19.9 Å². The summed E-state index contributed by atoms with van der Waals surface area (Å²) in [5.74, 6) is 1.70. The summed E-state index contributed by atoms with van der Waals surface area (Å²) in [6.07, 6.45) is 2.59. The Morgan fingerprint density at radius 2 is 2.12 bits per heavy atom. The minimum absolute atomic E-state index is 0.00840. The fourth-order valence-electron chi connectivity index (χ4n) is 3.50. The maximum Gasteiger partial charge on any atom is 0.254 e. The summed E-state index contributed by atoms with van der Waals surface area (Å²) >= 11 is 0. The van der Waals surface area contributed by atoms with E-state index in [0.717, 1.165) is 6.42 Å². The molecule has 0 unspecified atom stereocenters. The number of hydrogen-bond donors (Lipinski definition) is 1. The summed E-state index contributed by atoms with van der Waals surface area (Å²) in [6.45, 7) is 2.14. The topological polar surface area (TPSA) is 91.8 Å². The van der Waals surface area contributed by atoms with Gasteiger partial charge in [-0.3, -0.25) is 9.48 Å². The highest BCUT2D eigenvalue weighted by atomic mass is 16.6. The standard InChI is InChI=1S/C18H22N4O4/c1-24-14-9-13(10-21-5-4-17(19)20-21)22(11-14)18(23)12-2-3-15-16(8-12)26-7-6-25-15/h2-5,8,13-14H,6-7,9-11H2,1H3,(H2,19,20)/t13-,14-/m0/s1. The molecule has 8 nitrogen and oxygen atoms in total.